The number of esters is 1. The van der Waals surface area contributed by atoms with Crippen LogP contribution < -0.4 is 5.32 Å². The van der Waals surface area contributed by atoms with Gasteiger partial charge in [-0.1, -0.05) is 204 Å². The number of carbonyl (C=O) groups is 2. The number of unbranched alkanes of at least 4 members (excludes halogenated alkanes) is 20. The molecule has 0 spiro atoms. The molecule has 0 heterocycles. The molecule has 3 unspecified atom stereocenters. The fraction of sp³-hybridized carbons (Fsp3) is 0.765. The summed E-state index contributed by atoms with van der Waals surface area (Å²) in [6.45, 7) is 6.32. The first-order chi connectivity index (χ1) is 28.0. The van der Waals surface area contributed by atoms with Gasteiger partial charge in [-0.2, -0.15) is 0 Å². The highest BCUT2D eigenvalue weighted by Crippen LogP contribution is 2.17. The zero-order valence-electron chi connectivity index (χ0n) is 37.5. The van der Waals surface area contributed by atoms with Crippen LogP contribution in [0, 0.1) is 0 Å². The number of allylic oxidation sites excluding steroid dienone is 10. The standard InChI is InChI=1S/C51H91NO5/c1-4-7-10-13-16-19-21-22-23-24-25-26-27-28-29-32-35-38-41-44-51(56)57-47(42-39-36-33-31-20-17-14-11-8-5-2)45-50(55)52-48(46-53)49(54)43-40-37-34-30-18-15-12-9-6-3/h7,10,16,19,22-23,25-26,28-29,47-49,53-54H,4-6,8-9,11-15,17-18,20-21,24,27,30-46H2,1-3H3,(H,52,55)/b10-7-,19-16-,23-22-,26-25-,29-28-. The number of amides is 1. The summed E-state index contributed by atoms with van der Waals surface area (Å²) in [4.78, 5) is 26.0. The van der Waals surface area contributed by atoms with Crippen LogP contribution in [-0.4, -0.2) is 46.9 Å². The normalized spacial score (nSPS) is 13.8. The first-order valence-electron chi connectivity index (χ1n) is 24.0. The van der Waals surface area contributed by atoms with Crippen LogP contribution in [-0.2, 0) is 14.3 Å². The van der Waals surface area contributed by atoms with Gasteiger partial charge in [0.25, 0.3) is 0 Å². The smallest absolute Gasteiger partial charge is 0.306 e. The predicted molar refractivity (Wildman–Crippen MR) is 245 cm³/mol. The van der Waals surface area contributed by atoms with E-state index in [9.17, 15) is 19.8 Å². The number of aliphatic hydroxyl groups is 2. The molecule has 3 N–H and O–H groups in total. The Labute approximate surface area is 352 Å². The van der Waals surface area contributed by atoms with Crippen molar-refractivity contribution in [2.24, 2.45) is 0 Å². The number of nitrogens with one attached hydrogen (secondary N) is 1. The highest BCUT2D eigenvalue weighted by Gasteiger charge is 2.24. The number of ether oxygens (including phenoxy) is 1. The van der Waals surface area contributed by atoms with Crippen molar-refractivity contribution in [3.05, 3.63) is 60.8 Å². The van der Waals surface area contributed by atoms with Gasteiger partial charge in [0.2, 0.25) is 5.91 Å². The summed E-state index contributed by atoms with van der Waals surface area (Å²) in [5.41, 5.74) is 0. The largest absolute Gasteiger partial charge is 0.462 e. The molecule has 1 amide bonds. The third-order valence-corrected chi connectivity index (χ3v) is 10.6. The second-order valence-electron chi connectivity index (χ2n) is 16.1. The van der Waals surface area contributed by atoms with E-state index in [-0.39, 0.29) is 24.9 Å². The van der Waals surface area contributed by atoms with E-state index in [4.69, 9.17) is 4.74 Å². The Kier molecular flexibility index (Phi) is 42.7. The van der Waals surface area contributed by atoms with E-state index in [0.717, 1.165) is 96.3 Å². The molecule has 0 aromatic rings. The van der Waals surface area contributed by atoms with Gasteiger partial charge in [-0.25, -0.2) is 0 Å². The Morgan fingerprint density at radius 1 is 0.526 bits per heavy atom. The molecule has 0 aliphatic rings. The molecule has 0 rings (SSSR count). The number of hydrogen-bond donors (Lipinski definition) is 3. The lowest BCUT2D eigenvalue weighted by molar-refractivity contribution is -0.151. The highest BCUT2D eigenvalue weighted by atomic mass is 16.5. The monoisotopic (exact) mass is 798 g/mol. The molecular formula is C51H91NO5. The lowest BCUT2D eigenvalue weighted by atomic mass is 10.0. The van der Waals surface area contributed by atoms with Gasteiger partial charge in [0.15, 0.2) is 0 Å². The molecule has 0 saturated heterocycles. The van der Waals surface area contributed by atoms with Crippen LogP contribution in [0.2, 0.25) is 0 Å². The summed E-state index contributed by atoms with van der Waals surface area (Å²) in [6, 6.07) is -0.705. The summed E-state index contributed by atoms with van der Waals surface area (Å²) in [7, 11) is 0. The number of hydrogen-bond acceptors (Lipinski definition) is 5. The number of carbonyl (C=O) groups excluding carboxylic acids is 2. The van der Waals surface area contributed by atoms with Gasteiger partial charge in [-0.3, -0.25) is 9.59 Å². The van der Waals surface area contributed by atoms with E-state index in [1.165, 1.54) is 83.5 Å². The van der Waals surface area contributed by atoms with Crippen molar-refractivity contribution >= 4 is 11.9 Å². The van der Waals surface area contributed by atoms with E-state index in [2.05, 4.69) is 86.8 Å². The SMILES string of the molecule is CC/C=C\C/C=C\C/C=C\C/C=C\C/C=C\CCCCCC(=O)OC(CCCCCCCCCCCC)CC(=O)NC(CO)C(O)CCCCCCCCCCC. The van der Waals surface area contributed by atoms with Gasteiger partial charge in [0, 0.05) is 6.42 Å². The van der Waals surface area contributed by atoms with E-state index in [1.54, 1.807) is 0 Å². The molecule has 0 aromatic heterocycles. The molecule has 6 nitrogen and oxygen atoms in total. The first kappa shape index (κ1) is 54.6. The van der Waals surface area contributed by atoms with Crippen molar-refractivity contribution in [1.29, 1.82) is 0 Å². The average molecular weight is 798 g/mol. The van der Waals surface area contributed by atoms with Crippen LogP contribution in [0.3, 0.4) is 0 Å². The van der Waals surface area contributed by atoms with Crippen LogP contribution in [0.1, 0.15) is 226 Å². The highest BCUT2D eigenvalue weighted by molar-refractivity contribution is 5.77. The maximum atomic E-state index is 13.1. The van der Waals surface area contributed by atoms with Crippen molar-refractivity contribution in [1.82, 2.24) is 5.32 Å². The molecule has 0 aliphatic carbocycles. The summed E-state index contributed by atoms with van der Waals surface area (Å²) in [6.07, 6.45) is 54.3. The maximum absolute atomic E-state index is 13.1. The molecule has 57 heavy (non-hydrogen) atoms. The van der Waals surface area contributed by atoms with Gasteiger partial charge in [-0.05, 0) is 70.6 Å². The Morgan fingerprint density at radius 2 is 0.947 bits per heavy atom. The second kappa shape index (κ2) is 44.7. The second-order valence-corrected chi connectivity index (χ2v) is 16.1. The third kappa shape index (κ3) is 40.1. The van der Waals surface area contributed by atoms with Crippen molar-refractivity contribution in [2.75, 3.05) is 6.61 Å². The van der Waals surface area contributed by atoms with Crippen molar-refractivity contribution in [3.63, 3.8) is 0 Å². The minimum atomic E-state index is -0.791. The van der Waals surface area contributed by atoms with E-state index < -0.39 is 18.2 Å². The Balaban J connectivity index is 4.57. The Bertz CT molecular complexity index is 1030. The Hall–Kier alpha value is -2.44. The first-order valence-corrected chi connectivity index (χ1v) is 24.0. The lowest BCUT2D eigenvalue weighted by Gasteiger charge is -2.24. The van der Waals surface area contributed by atoms with Gasteiger partial charge in [-0.15, -0.1) is 0 Å². The quantitative estimate of drug-likeness (QED) is 0.0325. The summed E-state index contributed by atoms with van der Waals surface area (Å²) in [5, 5.41) is 23.6. The minimum absolute atomic E-state index is 0.0640. The molecule has 330 valence electrons. The van der Waals surface area contributed by atoms with Crippen LogP contribution >= 0.6 is 0 Å². The summed E-state index contributed by atoms with van der Waals surface area (Å²) in [5.74, 6) is -0.513. The third-order valence-electron chi connectivity index (χ3n) is 10.6. The van der Waals surface area contributed by atoms with E-state index >= 15 is 0 Å². The van der Waals surface area contributed by atoms with Gasteiger partial charge in [0.05, 0.1) is 25.2 Å². The Morgan fingerprint density at radius 3 is 1.42 bits per heavy atom. The predicted octanol–water partition coefficient (Wildman–Crippen LogP) is 14.1. The fourth-order valence-electron chi connectivity index (χ4n) is 6.99. The van der Waals surface area contributed by atoms with Crippen molar-refractivity contribution in [3.8, 4) is 0 Å². The van der Waals surface area contributed by atoms with Crippen LogP contribution in [0.4, 0.5) is 0 Å². The minimum Gasteiger partial charge on any atom is -0.462 e. The zero-order valence-corrected chi connectivity index (χ0v) is 37.5. The zero-order chi connectivity index (χ0) is 41.7. The van der Waals surface area contributed by atoms with Gasteiger partial charge < -0.3 is 20.3 Å². The summed E-state index contributed by atoms with van der Waals surface area (Å²) >= 11 is 0. The molecule has 0 saturated carbocycles. The number of aliphatic hydroxyl groups excluding tert-OH is 2. The van der Waals surface area contributed by atoms with Crippen LogP contribution in [0.5, 0.6) is 0 Å². The molecule has 0 bridgehead atoms. The summed E-state index contributed by atoms with van der Waals surface area (Å²) < 4.78 is 5.89. The topological polar surface area (TPSA) is 95.9 Å². The average Bonchev–Trinajstić information content (AvgIpc) is 3.20. The molecule has 0 aliphatic heterocycles. The maximum Gasteiger partial charge on any atom is 0.306 e. The fourth-order valence-corrected chi connectivity index (χ4v) is 6.99. The van der Waals surface area contributed by atoms with Crippen LogP contribution in [0.25, 0.3) is 0 Å². The van der Waals surface area contributed by atoms with Gasteiger partial charge >= 0.3 is 5.97 Å². The van der Waals surface area contributed by atoms with Crippen molar-refractivity contribution in [2.45, 2.75) is 244 Å². The molecule has 0 radical (unpaired) electrons. The molecular weight excluding hydrogens is 707 g/mol. The van der Waals surface area contributed by atoms with Crippen molar-refractivity contribution < 1.29 is 24.5 Å². The van der Waals surface area contributed by atoms with E-state index in [1.807, 2.05) is 0 Å². The molecule has 3 atom stereocenters. The van der Waals surface area contributed by atoms with Gasteiger partial charge in [0.1, 0.15) is 6.10 Å². The van der Waals surface area contributed by atoms with Crippen LogP contribution in [0.15, 0.2) is 60.8 Å². The van der Waals surface area contributed by atoms with E-state index in [0.29, 0.717) is 19.3 Å². The lowest BCUT2D eigenvalue weighted by Crippen LogP contribution is -2.46. The number of rotatable bonds is 42. The molecule has 6 heteroatoms. The molecule has 0 fully saturated rings. The molecule has 0 aromatic carbocycles.